The van der Waals surface area contributed by atoms with E-state index < -0.39 is 17.4 Å². The third-order valence-corrected chi connectivity index (χ3v) is 5.76. The number of anilines is 1. The molecule has 0 radical (unpaired) electrons. The van der Waals surface area contributed by atoms with E-state index in [1.165, 1.54) is 11.3 Å². The predicted octanol–water partition coefficient (Wildman–Crippen LogP) is 1.66. The lowest BCUT2D eigenvalue weighted by molar-refractivity contribution is -0.136. The van der Waals surface area contributed by atoms with Crippen LogP contribution < -0.4 is 5.32 Å². The molecule has 4 atom stereocenters. The maximum atomic E-state index is 13.0. The number of thiazole rings is 1. The highest BCUT2D eigenvalue weighted by Gasteiger charge is 2.66. The Morgan fingerprint density at radius 1 is 1.52 bits per heavy atom. The van der Waals surface area contributed by atoms with Gasteiger partial charge in [0, 0.05) is 11.6 Å². The van der Waals surface area contributed by atoms with Crippen LogP contribution in [0.25, 0.3) is 0 Å². The summed E-state index contributed by atoms with van der Waals surface area (Å²) in [6.45, 7) is 0.817. The number of hydrogen-bond acceptors (Lipinski definition) is 6. The number of nitrogens with one attached hydrogen (secondary N) is 1. The SMILES string of the molecule is O=C(Nc1nccs1)[C@@H]1[C@H]2C=C[C@]3(CN(Cc4ccco4)C(=O)[C@@H]13)O2. The summed E-state index contributed by atoms with van der Waals surface area (Å²) in [7, 11) is 0. The van der Waals surface area contributed by atoms with E-state index in [0.29, 0.717) is 24.0 Å². The van der Waals surface area contributed by atoms with Gasteiger partial charge in [-0.15, -0.1) is 11.3 Å². The van der Waals surface area contributed by atoms with Gasteiger partial charge in [0.1, 0.15) is 11.4 Å². The van der Waals surface area contributed by atoms with Gasteiger partial charge in [-0.2, -0.15) is 0 Å². The van der Waals surface area contributed by atoms with Crippen LogP contribution >= 0.6 is 11.3 Å². The van der Waals surface area contributed by atoms with Crippen LogP contribution in [0.1, 0.15) is 5.76 Å². The van der Waals surface area contributed by atoms with Gasteiger partial charge in [-0.3, -0.25) is 9.59 Å². The van der Waals surface area contributed by atoms with Crippen LogP contribution in [-0.4, -0.2) is 39.9 Å². The zero-order chi connectivity index (χ0) is 17.0. The van der Waals surface area contributed by atoms with Gasteiger partial charge in [-0.1, -0.05) is 12.2 Å². The molecule has 0 unspecified atom stereocenters. The number of likely N-dealkylation sites (tertiary alicyclic amines) is 1. The van der Waals surface area contributed by atoms with Crippen molar-refractivity contribution in [3.8, 4) is 0 Å². The number of furan rings is 1. The highest BCUT2D eigenvalue weighted by atomic mass is 32.1. The van der Waals surface area contributed by atoms with Crippen molar-refractivity contribution in [2.24, 2.45) is 11.8 Å². The summed E-state index contributed by atoms with van der Waals surface area (Å²) in [5, 5.41) is 5.13. The number of rotatable bonds is 4. The van der Waals surface area contributed by atoms with Crippen molar-refractivity contribution < 1.29 is 18.7 Å². The average Bonchev–Trinajstić information content (AvgIpc) is 3.37. The van der Waals surface area contributed by atoms with Crippen LogP contribution in [0.3, 0.4) is 0 Å². The van der Waals surface area contributed by atoms with E-state index >= 15 is 0 Å². The minimum absolute atomic E-state index is 0.0671. The summed E-state index contributed by atoms with van der Waals surface area (Å²) in [5.74, 6) is -0.612. The van der Waals surface area contributed by atoms with Gasteiger partial charge in [0.25, 0.3) is 0 Å². The van der Waals surface area contributed by atoms with Crippen LogP contribution in [-0.2, 0) is 20.9 Å². The number of ether oxygens (including phenoxy) is 1. The molecule has 5 rings (SSSR count). The van der Waals surface area contributed by atoms with Crippen molar-refractivity contribution in [2.45, 2.75) is 18.2 Å². The van der Waals surface area contributed by atoms with Gasteiger partial charge in [-0.25, -0.2) is 4.98 Å². The lowest BCUT2D eigenvalue weighted by atomic mass is 9.77. The molecule has 1 N–H and O–H groups in total. The molecule has 2 fully saturated rings. The quantitative estimate of drug-likeness (QED) is 0.841. The topological polar surface area (TPSA) is 84.7 Å². The Bertz CT molecular complexity index is 847. The summed E-state index contributed by atoms with van der Waals surface area (Å²) in [5.41, 5.74) is -0.709. The second-order valence-electron chi connectivity index (χ2n) is 6.50. The van der Waals surface area contributed by atoms with Gasteiger partial charge in [0.2, 0.25) is 11.8 Å². The van der Waals surface area contributed by atoms with Gasteiger partial charge in [0.15, 0.2) is 5.13 Å². The summed E-state index contributed by atoms with van der Waals surface area (Å²) < 4.78 is 11.4. The van der Waals surface area contributed by atoms with E-state index in [1.807, 2.05) is 18.2 Å². The Morgan fingerprint density at radius 2 is 2.44 bits per heavy atom. The zero-order valence-corrected chi connectivity index (χ0v) is 13.9. The van der Waals surface area contributed by atoms with E-state index in [1.54, 1.807) is 28.8 Å². The molecular weight excluding hydrogens is 342 g/mol. The van der Waals surface area contributed by atoms with Gasteiger partial charge >= 0.3 is 0 Å². The van der Waals surface area contributed by atoms with E-state index in [-0.39, 0.29) is 17.9 Å². The van der Waals surface area contributed by atoms with Crippen LogP contribution in [0.4, 0.5) is 5.13 Å². The van der Waals surface area contributed by atoms with Crippen LogP contribution in [0.15, 0.2) is 46.5 Å². The lowest BCUT2D eigenvalue weighted by Crippen LogP contribution is -2.41. The fourth-order valence-corrected chi connectivity index (χ4v) is 4.61. The standard InChI is InChI=1S/C17H15N3O4S/c21-14(19-16-18-5-7-25-16)12-11-3-4-17(24-11)9-20(15(22)13(12)17)8-10-2-1-6-23-10/h1-7,11-13H,8-9H2,(H,18,19,21)/t11-,12-,13-,17-/m1/s1. The number of carbonyl (C=O) groups excluding carboxylic acids is 2. The van der Waals surface area contributed by atoms with Crippen LogP contribution in [0.2, 0.25) is 0 Å². The fourth-order valence-electron chi connectivity index (χ4n) is 4.08. The second-order valence-corrected chi connectivity index (χ2v) is 7.39. The third kappa shape index (κ3) is 2.17. The Balaban J connectivity index is 1.41. The smallest absolute Gasteiger partial charge is 0.233 e. The molecule has 0 saturated carbocycles. The number of nitrogens with zero attached hydrogens (tertiary/aromatic N) is 2. The van der Waals surface area contributed by atoms with E-state index in [4.69, 9.17) is 9.15 Å². The minimum Gasteiger partial charge on any atom is -0.467 e. The largest absolute Gasteiger partial charge is 0.467 e. The van der Waals surface area contributed by atoms with Crippen molar-refractivity contribution in [3.63, 3.8) is 0 Å². The number of aromatic nitrogens is 1. The third-order valence-electron chi connectivity index (χ3n) is 5.07. The first-order valence-electron chi connectivity index (χ1n) is 8.05. The molecule has 128 valence electrons. The van der Waals surface area contributed by atoms with Gasteiger partial charge in [-0.05, 0) is 12.1 Å². The normalized spacial score (nSPS) is 32.4. The zero-order valence-electron chi connectivity index (χ0n) is 13.1. The predicted molar refractivity (Wildman–Crippen MR) is 88.6 cm³/mol. The molecule has 2 saturated heterocycles. The maximum Gasteiger partial charge on any atom is 0.233 e. The summed E-state index contributed by atoms with van der Waals surface area (Å²) in [6, 6.07) is 3.63. The fraction of sp³-hybridized carbons (Fsp3) is 0.353. The molecular formula is C17H15N3O4S. The van der Waals surface area contributed by atoms with Crippen molar-refractivity contribution in [2.75, 3.05) is 11.9 Å². The van der Waals surface area contributed by atoms with Crippen molar-refractivity contribution in [1.82, 2.24) is 9.88 Å². The molecule has 0 aromatic carbocycles. The van der Waals surface area contributed by atoms with Gasteiger partial charge < -0.3 is 19.4 Å². The lowest BCUT2D eigenvalue weighted by Gasteiger charge is -2.23. The highest BCUT2D eigenvalue weighted by Crippen LogP contribution is 2.52. The van der Waals surface area contributed by atoms with E-state index in [9.17, 15) is 9.59 Å². The molecule has 0 aliphatic carbocycles. The van der Waals surface area contributed by atoms with E-state index in [2.05, 4.69) is 10.3 Å². The first kappa shape index (κ1) is 14.9. The second kappa shape index (κ2) is 5.27. The van der Waals surface area contributed by atoms with E-state index in [0.717, 1.165) is 0 Å². The molecule has 3 aliphatic heterocycles. The van der Waals surface area contributed by atoms with Gasteiger partial charge in [0.05, 0.1) is 37.3 Å². The van der Waals surface area contributed by atoms with Crippen LogP contribution in [0, 0.1) is 11.8 Å². The summed E-state index contributed by atoms with van der Waals surface area (Å²) >= 11 is 1.35. The Labute approximate surface area is 147 Å². The maximum absolute atomic E-state index is 13.0. The molecule has 3 aliphatic rings. The molecule has 5 heterocycles. The number of fused-ring (bicyclic) bond motifs is 1. The summed E-state index contributed by atoms with van der Waals surface area (Å²) in [4.78, 5) is 31.5. The molecule has 2 aromatic rings. The average molecular weight is 357 g/mol. The van der Waals surface area contributed by atoms with Crippen molar-refractivity contribution in [3.05, 3.63) is 47.9 Å². The van der Waals surface area contributed by atoms with Crippen molar-refractivity contribution >= 4 is 28.3 Å². The minimum atomic E-state index is -0.709. The highest BCUT2D eigenvalue weighted by molar-refractivity contribution is 7.13. The molecule has 7 nitrogen and oxygen atoms in total. The number of amides is 2. The molecule has 1 spiro atoms. The monoisotopic (exact) mass is 357 g/mol. The molecule has 8 heteroatoms. The van der Waals surface area contributed by atoms with Crippen molar-refractivity contribution in [1.29, 1.82) is 0 Å². The number of carbonyl (C=O) groups is 2. The Kier molecular flexibility index (Phi) is 3.13. The first-order valence-corrected chi connectivity index (χ1v) is 8.93. The number of hydrogen-bond donors (Lipinski definition) is 1. The molecule has 2 amide bonds. The first-order chi connectivity index (χ1) is 12.2. The Hall–Kier alpha value is -2.45. The molecule has 2 bridgehead atoms. The molecule has 25 heavy (non-hydrogen) atoms. The molecule has 2 aromatic heterocycles. The Morgan fingerprint density at radius 3 is 3.20 bits per heavy atom. The summed E-state index contributed by atoms with van der Waals surface area (Å²) in [6.07, 6.45) is 6.69. The van der Waals surface area contributed by atoms with Crippen LogP contribution in [0.5, 0.6) is 0 Å².